The Morgan fingerprint density at radius 1 is 1.17 bits per heavy atom. The summed E-state index contributed by atoms with van der Waals surface area (Å²) in [6, 6.07) is 10.2. The van der Waals surface area contributed by atoms with Crippen molar-refractivity contribution in [2.75, 3.05) is 11.9 Å². The number of nitrogens with one attached hydrogen (secondary N) is 1. The molecule has 0 atom stereocenters. The minimum Gasteiger partial charge on any atom is -0.370 e. The summed E-state index contributed by atoms with van der Waals surface area (Å²) in [6.07, 6.45) is 0.961. The fourth-order valence-corrected chi connectivity index (χ4v) is 2.05. The molecule has 0 spiro atoms. The van der Waals surface area contributed by atoms with Gasteiger partial charge in [0.05, 0.1) is 0 Å². The van der Waals surface area contributed by atoms with Crippen LogP contribution in [0, 0.1) is 13.8 Å². The first-order chi connectivity index (χ1) is 8.63. The van der Waals surface area contributed by atoms with Crippen LogP contribution < -0.4 is 5.32 Å². The first-order valence-corrected chi connectivity index (χ1v) is 6.32. The molecule has 0 amide bonds. The first kappa shape index (κ1) is 12.8. The Kier molecular flexibility index (Phi) is 4.15. The number of rotatable bonds is 4. The molecule has 94 valence electrons. The predicted molar refractivity (Wildman–Crippen MR) is 75.2 cm³/mol. The lowest BCUT2D eigenvalue weighted by Crippen LogP contribution is -2.07. The smallest absolute Gasteiger partial charge is 0.134 e. The van der Waals surface area contributed by atoms with Gasteiger partial charge in [0.2, 0.25) is 0 Å². The molecular formula is C14H16ClN3. The molecule has 0 saturated heterocycles. The predicted octanol–water partition coefficient (Wildman–Crippen LogP) is 3.40. The molecule has 1 aromatic heterocycles. The topological polar surface area (TPSA) is 37.8 Å². The first-order valence-electron chi connectivity index (χ1n) is 5.94. The van der Waals surface area contributed by atoms with Gasteiger partial charge in [-0.25, -0.2) is 9.97 Å². The number of hydrogen-bond donors (Lipinski definition) is 1. The molecule has 18 heavy (non-hydrogen) atoms. The van der Waals surface area contributed by atoms with Gasteiger partial charge in [0, 0.05) is 12.6 Å². The van der Waals surface area contributed by atoms with Gasteiger partial charge in [-0.3, -0.25) is 0 Å². The Morgan fingerprint density at radius 3 is 2.72 bits per heavy atom. The molecule has 0 fully saturated rings. The van der Waals surface area contributed by atoms with Crippen LogP contribution in [0.4, 0.5) is 5.82 Å². The number of aromatic nitrogens is 2. The third-order valence-electron chi connectivity index (χ3n) is 2.61. The van der Waals surface area contributed by atoms with E-state index in [0.29, 0.717) is 11.0 Å². The van der Waals surface area contributed by atoms with Gasteiger partial charge in [0.1, 0.15) is 16.8 Å². The minimum atomic E-state index is 0.473. The molecule has 0 radical (unpaired) electrons. The second-order valence-corrected chi connectivity index (χ2v) is 4.68. The van der Waals surface area contributed by atoms with Crippen LogP contribution >= 0.6 is 11.6 Å². The van der Waals surface area contributed by atoms with Gasteiger partial charge in [-0.15, -0.1) is 0 Å². The molecule has 0 unspecified atom stereocenters. The van der Waals surface area contributed by atoms with E-state index in [-0.39, 0.29) is 0 Å². The number of nitrogens with zero attached hydrogens (tertiary/aromatic N) is 2. The number of benzene rings is 1. The van der Waals surface area contributed by atoms with Crippen molar-refractivity contribution in [3.8, 4) is 0 Å². The van der Waals surface area contributed by atoms with Crippen molar-refractivity contribution >= 4 is 17.4 Å². The van der Waals surface area contributed by atoms with Crippen LogP contribution in [-0.2, 0) is 6.42 Å². The van der Waals surface area contributed by atoms with Crippen molar-refractivity contribution in [3.63, 3.8) is 0 Å². The van der Waals surface area contributed by atoms with Crippen LogP contribution in [0.3, 0.4) is 0 Å². The summed E-state index contributed by atoms with van der Waals surface area (Å²) < 4.78 is 0. The maximum atomic E-state index is 5.88. The molecule has 0 bridgehead atoms. The SMILES string of the molecule is Cc1cccc(CCNc2cc(Cl)nc(C)n2)c1. The second-order valence-electron chi connectivity index (χ2n) is 4.29. The largest absolute Gasteiger partial charge is 0.370 e. The fraction of sp³-hybridized carbons (Fsp3) is 0.286. The van der Waals surface area contributed by atoms with Gasteiger partial charge in [-0.2, -0.15) is 0 Å². The molecule has 3 nitrogen and oxygen atoms in total. The maximum Gasteiger partial charge on any atom is 0.134 e. The van der Waals surface area contributed by atoms with E-state index in [4.69, 9.17) is 11.6 Å². The van der Waals surface area contributed by atoms with Crippen molar-refractivity contribution in [1.82, 2.24) is 9.97 Å². The maximum absolute atomic E-state index is 5.88. The Balaban J connectivity index is 1.92. The Bertz CT molecular complexity index is 520. The summed E-state index contributed by atoms with van der Waals surface area (Å²) in [7, 11) is 0. The molecular weight excluding hydrogens is 246 g/mol. The molecule has 0 aliphatic rings. The van der Waals surface area contributed by atoms with Gasteiger partial charge < -0.3 is 5.32 Å². The molecule has 2 rings (SSSR count). The number of anilines is 1. The standard InChI is InChI=1S/C14H16ClN3/c1-10-4-3-5-12(8-10)6-7-16-14-9-13(15)17-11(2)18-14/h3-5,8-9H,6-7H2,1-2H3,(H,16,17,18). The van der Waals surface area contributed by atoms with Crippen molar-refractivity contribution in [3.05, 3.63) is 52.4 Å². The molecule has 1 N–H and O–H groups in total. The van der Waals surface area contributed by atoms with E-state index in [2.05, 4.69) is 46.5 Å². The molecule has 1 heterocycles. The molecule has 1 aromatic carbocycles. The summed E-state index contributed by atoms with van der Waals surface area (Å²) in [5.41, 5.74) is 2.60. The summed E-state index contributed by atoms with van der Waals surface area (Å²) in [5, 5.41) is 3.73. The van der Waals surface area contributed by atoms with Crippen LogP contribution in [-0.4, -0.2) is 16.5 Å². The van der Waals surface area contributed by atoms with Crippen LogP contribution in [0.1, 0.15) is 17.0 Å². The lowest BCUT2D eigenvalue weighted by molar-refractivity contribution is 0.980. The van der Waals surface area contributed by atoms with E-state index in [1.54, 1.807) is 6.07 Å². The number of hydrogen-bond acceptors (Lipinski definition) is 3. The van der Waals surface area contributed by atoms with E-state index in [0.717, 1.165) is 18.8 Å². The Labute approximate surface area is 112 Å². The number of aryl methyl sites for hydroxylation is 2. The monoisotopic (exact) mass is 261 g/mol. The van der Waals surface area contributed by atoms with Crippen molar-refractivity contribution < 1.29 is 0 Å². The van der Waals surface area contributed by atoms with Gasteiger partial charge in [0.25, 0.3) is 0 Å². The molecule has 0 aliphatic heterocycles. The van der Waals surface area contributed by atoms with Crippen LogP contribution in [0.5, 0.6) is 0 Å². The zero-order valence-corrected chi connectivity index (χ0v) is 11.3. The fourth-order valence-electron chi connectivity index (χ4n) is 1.82. The van der Waals surface area contributed by atoms with Gasteiger partial charge >= 0.3 is 0 Å². The van der Waals surface area contributed by atoms with E-state index >= 15 is 0 Å². The van der Waals surface area contributed by atoms with Gasteiger partial charge in [0.15, 0.2) is 0 Å². The van der Waals surface area contributed by atoms with Crippen LogP contribution in [0.15, 0.2) is 30.3 Å². The lowest BCUT2D eigenvalue weighted by atomic mass is 10.1. The lowest BCUT2D eigenvalue weighted by Gasteiger charge is -2.07. The third-order valence-corrected chi connectivity index (χ3v) is 2.80. The second kappa shape index (κ2) is 5.83. The molecule has 4 heteroatoms. The number of halogens is 1. The van der Waals surface area contributed by atoms with E-state index < -0.39 is 0 Å². The summed E-state index contributed by atoms with van der Waals surface area (Å²) >= 11 is 5.88. The highest BCUT2D eigenvalue weighted by Crippen LogP contribution is 2.11. The van der Waals surface area contributed by atoms with Crippen LogP contribution in [0.2, 0.25) is 5.15 Å². The quantitative estimate of drug-likeness (QED) is 0.858. The average molecular weight is 262 g/mol. The highest BCUT2D eigenvalue weighted by molar-refractivity contribution is 6.29. The summed E-state index contributed by atoms with van der Waals surface area (Å²) in [5.74, 6) is 1.46. The summed E-state index contributed by atoms with van der Waals surface area (Å²) in [6.45, 7) is 4.76. The zero-order valence-electron chi connectivity index (χ0n) is 10.6. The highest BCUT2D eigenvalue weighted by Gasteiger charge is 1.99. The third kappa shape index (κ3) is 3.70. The summed E-state index contributed by atoms with van der Waals surface area (Å²) in [4.78, 5) is 8.30. The normalized spacial score (nSPS) is 10.4. The molecule has 0 saturated carbocycles. The average Bonchev–Trinajstić information content (AvgIpc) is 2.27. The van der Waals surface area contributed by atoms with E-state index in [1.807, 2.05) is 6.92 Å². The molecule has 2 aromatic rings. The van der Waals surface area contributed by atoms with Gasteiger partial charge in [-0.1, -0.05) is 41.4 Å². The van der Waals surface area contributed by atoms with E-state index in [1.165, 1.54) is 11.1 Å². The van der Waals surface area contributed by atoms with Crippen molar-refractivity contribution in [2.45, 2.75) is 20.3 Å². The zero-order chi connectivity index (χ0) is 13.0. The Hall–Kier alpha value is -1.61. The highest BCUT2D eigenvalue weighted by atomic mass is 35.5. The van der Waals surface area contributed by atoms with Crippen LogP contribution in [0.25, 0.3) is 0 Å². The van der Waals surface area contributed by atoms with Crippen molar-refractivity contribution in [2.24, 2.45) is 0 Å². The molecule has 0 aliphatic carbocycles. The van der Waals surface area contributed by atoms with Crippen molar-refractivity contribution in [1.29, 1.82) is 0 Å². The van der Waals surface area contributed by atoms with Gasteiger partial charge in [-0.05, 0) is 25.8 Å². The minimum absolute atomic E-state index is 0.473. The Morgan fingerprint density at radius 2 is 2.00 bits per heavy atom. The van der Waals surface area contributed by atoms with E-state index in [9.17, 15) is 0 Å².